The highest BCUT2D eigenvalue weighted by Gasteiger charge is 2.34. The van der Waals surface area contributed by atoms with E-state index in [0.29, 0.717) is 19.0 Å². The van der Waals surface area contributed by atoms with Gasteiger partial charge in [-0.25, -0.2) is 5.01 Å². The maximum atomic E-state index is 13.2. The van der Waals surface area contributed by atoms with E-state index in [0.717, 1.165) is 22.6 Å². The summed E-state index contributed by atoms with van der Waals surface area (Å²) in [6, 6.07) is 14.5. The van der Waals surface area contributed by atoms with Gasteiger partial charge in [0, 0.05) is 18.0 Å². The smallest absolute Gasteiger partial charge is 0.257 e. The van der Waals surface area contributed by atoms with Crippen molar-refractivity contribution in [2.75, 3.05) is 20.7 Å². The topological polar surface area (TPSA) is 45.1 Å². The maximum absolute atomic E-state index is 13.2. The second-order valence-corrected chi connectivity index (χ2v) is 8.11. The fraction of sp³-hybridized carbons (Fsp3) is 0.417. The molecule has 3 rings (SSSR count). The van der Waals surface area contributed by atoms with Crippen molar-refractivity contribution in [3.63, 3.8) is 0 Å². The third-order valence-corrected chi connectivity index (χ3v) is 5.60. The van der Waals surface area contributed by atoms with Gasteiger partial charge in [0.1, 0.15) is 5.75 Å². The van der Waals surface area contributed by atoms with Crippen molar-refractivity contribution in [3.05, 3.63) is 64.7 Å². The molecule has 0 aromatic heterocycles. The monoisotopic (exact) mass is 393 g/mol. The van der Waals surface area contributed by atoms with Gasteiger partial charge in [0.15, 0.2) is 0 Å². The lowest BCUT2D eigenvalue weighted by atomic mass is 9.95. The summed E-state index contributed by atoms with van der Waals surface area (Å²) in [4.78, 5) is 15.2. The minimum absolute atomic E-state index is 0.00813. The Morgan fingerprint density at radius 1 is 1.24 bits per heavy atom. The molecule has 0 unspecified atom stereocenters. The molecule has 5 heteroatoms. The van der Waals surface area contributed by atoms with Crippen LogP contribution in [0.5, 0.6) is 5.75 Å². The van der Waals surface area contributed by atoms with Gasteiger partial charge in [-0.05, 0) is 58.0 Å². The van der Waals surface area contributed by atoms with Crippen LogP contribution in [0.2, 0.25) is 0 Å². The molecule has 0 radical (unpaired) electrons. The van der Waals surface area contributed by atoms with E-state index < -0.39 is 0 Å². The quantitative estimate of drug-likeness (QED) is 0.734. The first-order valence-electron chi connectivity index (χ1n) is 10.1. The number of hydrogen-bond acceptors (Lipinski definition) is 4. The lowest BCUT2D eigenvalue weighted by Crippen LogP contribution is -2.39. The Labute approximate surface area is 174 Å². The van der Waals surface area contributed by atoms with Crippen molar-refractivity contribution < 1.29 is 9.53 Å². The molecule has 0 fully saturated rings. The molecule has 1 aliphatic rings. The number of aryl methyl sites for hydroxylation is 2. The molecule has 1 atom stereocenters. The summed E-state index contributed by atoms with van der Waals surface area (Å²) in [7, 11) is 3.62. The van der Waals surface area contributed by atoms with Crippen molar-refractivity contribution in [2.24, 2.45) is 5.10 Å². The number of ether oxygens (including phenoxy) is 1. The Hall–Kier alpha value is -2.66. The Balaban J connectivity index is 1.97. The van der Waals surface area contributed by atoms with E-state index in [-0.39, 0.29) is 11.9 Å². The predicted molar refractivity (Wildman–Crippen MR) is 117 cm³/mol. The number of methoxy groups -OCH3 is 1. The van der Waals surface area contributed by atoms with Crippen LogP contribution in [0.1, 0.15) is 48.6 Å². The van der Waals surface area contributed by atoms with Crippen LogP contribution in [-0.4, -0.2) is 48.3 Å². The number of benzene rings is 2. The zero-order chi connectivity index (χ0) is 21.1. The fourth-order valence-electron chi connectivity index (χ4n) is 3.62. The third-order valence-electron chi connectivity index (χ3n) is 5.60. The molecule has 1 heterocycles. The van der Waals surface area contributed by atoms with Crippen LogP contribution in [0.15, 0.2) is 47.6 Å². The SMILES string of the molecule is COc1cccc([C@@H]2CC(c3ccc(C)cc3C)=NN2C(=O)CN(C)C(C)C)c1. The number of likely N-dealkylation sites (N-methyl/N-ethyl adjacent to an activating group) is 1. The molecule has 5 nitrogen and oxygen atoms in total. The summed E-state index contributed by atoms with van der Waals surface area (Å²) in [5.74, 6) is 0.794. The summed E-state index contributed by atoms with van der Waals surface area (Å²) in [6.07, 6.45) is 0.689. The van der Waals surface area contributed by atoms with Gasteiger partial charge in [-0.2, -0.15) is 5.10 Å². The number of nitrogens with zero attached hydrogens (tertiary/aromatic N) is 3. The number of amides is 1. The molecule has 1 aliphatic heterocycles. The first-order valence-corrected chi connectivity index (χ1v) is 10.1. The third kappa shape index (κ3) is 4.67. The van der Waals surface area contributed by atoms with Crippen LogP contribution in [0.25, 0.3) is 0 Å². The normalized spacial score (nSPS) is 16.5. The second kappa shape index (κ2) is 8.78. The number of hydrogen-bond donors (Lipinski definition) is 0. The van der Waals surface area contributed by atoms with Crippen LogP contribution < -0.4 is 4.74 Å². The van der Waals surface area contributed by atoms with Crippen LogP contribution in [0.3, 0.4) is 0 Å². The number of hydrazone groups is 1. The first-order chi connectivity index (χ1) is 13.8. The van der Waals surface area contributed by atoms with Gasteiger partial charge in [0.2, 0.25) is 0 Å². The van der Waals surface area contributed by atoms with E-state index in [1.807, 2.05) is 36.2 Å². The minimum Gasteiger partial charge on any atom is -0.497 e. The van der Waals surface area contributed by atoms with E-state index >= 15 is 0 Å². The molecule has 0 bridgehead atoms. The average Bonchev–Trinajstić information content (AvgIpc) is 3.13. The summed E-state index contributed by atoms with van der Waals surface area (Å²) in [5.41, 5.74) is 5.50. The Morgan fingerprint density at radius 2 is 2.00 bits per heavy atom. The van der Waals surface area contributed by atoms with Gasteiger partial charge in [-0.3, -0.25) is 9.69 Å². The number of carbonyl (C=O) groups excluding carboxylic acids is 1. The zero-order valence-corrected chi connectivity index (χ0v) is 18.3. The lowest BCUT2D eigenvalue weighted by Gasteiger charge is -2.26. The Morgan fingerprint density at radius 3 is 2.66 bits per heavy atom. The molecule has 2 aromatic carbocycles. The standard InChI is InChI=1S/C24H31N3O2/c1-16(2)26(5)15-24(28)27-23(19-8-7-9-20(13-19)29-6)14-22(25-27)21-11-10-17(3)12-18(21)4/h7-13,16,23H,14-15H2,1-6H3/t23-/m0/s1. The van der Waals surface area contributed by atoms with Crippen molar-refractivity contribution >= 4 is 11.6 Å². The molecular weight excluding hydrogens is 362 g/mol. The molecule has 2 aromatic rings. The van der Waals surface area contributed by atoms with E-state index in [4.69, 9.17) is 9.84 Å². The van der Waals surface area contributed by atoms with Gasteiger partial charge in [0.25, 0.3) is 5.91 Å². The minimum atomic E-state index is -0.131. The van der Waals surface area contributed by atoms with Crippen LogP contribution >= 0.6 is 0 Å². The highest BCUT2D eigenvalue weighted by Crippen LogP contribution is 2.35. The Kier molecular flexibility index (Phi) is 6.38. The molecule has 29 heavy (non-hydrogen) atoms. The van der Waals surface area contributed by atoms with Crippen molar-refractivity contribution in [3.8, 4) is 5.75 Å². The molecule has 0 N–H and O–H groups in total. The Bertz CT molecular complexity index is 920. The van der Waals surface area contributed by atoms with Gasteiger partial charge in [-0.1, -0.05) is 35.9 Å². The summed E-state index contributed by atoms with van der Waals surface area (Å²) in [5, 5.41) is 6.48. The van der Waals surface area contributed by atoms with Crippen LogP contribution in [0.4, 0.5) is 0 Å². The van der Waals surface area contributed by atoms with Gasteiger partial charge in [0.05, 0.1) is 25.4 Å². The van der Waals surface area contributed by atoms with Crippen LogP contribution in [-0.2, 0) is 4.79 Å². The van der Waals surface area contributed by atoms with Gasteiger partial charge >= 0.3 is 0 Å². The van der Waals surface area contributed by atoms with E-state index in [2.05, 4.69) is 45.9 Å². The van der Waals surface area contributed by atoms with Gasteiger partial charge < -0.3 is 4.74 Å². The second-order valence-electron chi connectivity index (χ2n) is 8.11. The molecule has 0 saturated heterocycles. The first kappa shape index (κ1) is 21.1. The van der Waals surface area contributed by atoms with Crippen molar-refractivity contribution in [1.82, 2.24) is 9.91 Å². The zero-order valence-electron chi connectivity index (χ0n) is 18.3. The molecule has 154 valence electrons. The summed E-state index contributed by atoms with van der Waals surface area (Å²) in [6.45, 7) is 8.69. The number of carbonyl (C=O) groups is 1. The van der Waals surface area contributed by atoms with E-state index in [1.54, 1.807) is 12.1 Å². The molecule has 0 aliphatic carbocycles. The van der Waals surface area contributed by atoms with E-state index in [9.17, 15) is 4.79 Å². The predicted octanol–water partition coefficient (Wildman–Crippen LogP) is 4.33. The summed E-state index contributed by atoms with van der Waals surface area (Å²) >= 11 is 0. The fourth-order valence-corrected chi connectivity index (χ4v) is 3.62. The largest absolute Gasteiger partial charge is 0.497 e. The average molecular weight is 394 g/mol. The van der Waals surface area contributed by atoms with E-state index in [1.165, 1.54) is 11.1 Å². The lowest BCUT2D eigenvalue weighted by molar-refractivity contribution is -0.134. The highest BCUT2D eigenvalue weighted by molar-refractivity contribution is 6.04. The van der Waals surface area contributed by atoms with Crippen LogP contribution in [0, 0.1) is 13.8 Å². The van der Waals surface area contributed by atoms with Crippen molar-refractivity contribution in [2.45, 2.75) is 46.2 Å². The molecule has 0 spiro atoms. The molecular formula is C24H31N3O2. The highest BCUT2D eigenvalue weighted by atomic mass is 16.5. The maximum Gasteiger partial charge on any atom is 0.257 e. The van der Waals surface area contributed by atoms with Gasteiger partial charge in [-0.15, -0.1) is 0 Å². The summed E-state index contributed by atoms with van der Waals surface area (Å²) < 4.78 is 5.40. The van der Waals surface area contributed by atoms with Crippen molar-refractivity contribution in [1.29, 1.82) is 0 Å². The number of rotatable bonds is 6. The molecule has 1 amide bonds. The molecule has 0 saturated carbocycles.